The SMILES string of the molecule is CCOC(=O)c1cccc(NC(=O)N2CCN(C[C@H](OCc3ccc(C(F)(F)F)cc3)c3ccc(Cl)cc3)CC2)c1. The predicted octanol–water partition coefficient (Wildman–Crippen LogP) is 6.64. The van der Waals surface area contributed by atoms with Gasteiger partial charge >= 0.3 is 18.2 Å². The van der Waals surface area contributed by atoms with Crippen LogP contribution in [0, 0.1) is 0 Å². The summed E-state index contributed by atoms with van der Waals surface area (Å²) in [4.78, 5) is 28.8. The molecule has 0 saturated carbocycles. The molecule has 1 heterocycles. The zero-order valence-electron chi connectivity index (χ0n) is 22.5. The number of halogens is 4. The van der Waals surface area contributed by atoms with Crippen LogP contribution >= 0.6 is 11.6 Å². The van der Waals surface area contributed by atoms with Crippen molar-refractivity contribution >= 4 is 29.3 Å². The summed E-state index contributed by atoms with van der Waals surface area (Å²) in [6.45, 7) is 4.82. The first-order valence-electron chi connectivity index (χ1n) is 13.2. The number of esters is 1. The molecule has 1 atom stereocenters. The van der Waals surface area contributed by atoms with Crippen molar-refractivity contribution in [3.8, 4) is 0 Å². The minimum absolute atomic E-state index is 0.138. The molecule has 0 aliphatic carbocycles. The van der Waals surface area contributed by atoms with E-state index in [1.54, 1.807) is 48.2 Å². The normalized spacial score (nSPS) is 14.9. The van der Waals surface area contributed by atoms with E-state index in [1.807, 2.05) is 12.1 Å². The first kappa shape index (κ1) is 30.4. The van der Waals surface area contributed by atoms with Gasteiger partial charge in [-0.1, -0.05) is 41.9 Å². The molecule has 4 rings (SSSR count). The van der Waals surface area contributed by atoms with Crippen molar-refractivity contribution in [2.24, 2.45) is 0 Å². The van der Waals surface area contributed by atoms with Gasteiger partial charge in [0.25, 0.3) is 0 Å². The smallest absolute Gasteiger partial charge is 0.416 e. The molecule has 1 N–H and O–H groups in total. The maximum atomic E-state index is 12.9. The van der Waals surface area contributed by atoms with E-state index in [1.165, 1.54) is 12.1 Å². The van der Waals surface area contributed by atoms with Crippen LogP contribution in [-0.2, 0) is 22.3 Å². The lowest BCUT2D eigenvalue weighted by molar-refractivity contribution is -0.137. The molecule has 41 heavy (non-hydrogen) atoms. The largest absolute Gasteiger partial charge is 0.462 e. The lowest BCUT2D eigenvalue weighted by Gasteiger charge is -2.36. The highest BCUT2D eigenvalue weighted by molar-refractivity contribution is 6.30. The second kappa shape index (κ2) is 13.8. The lowest BCUT2D eigenvalue weighted by Crippen LogP contribution is -2.50. The summed E-state index contributed by atoms with van der Waals surface area (Å²) in [5.41, 5.74) is 1.68. The summed E-state index contributed by atoms with van der Waals surface area (Å²) >= 11 is 6.07. The Morgan fingerprint density at radius 1 is 0.976 bits per heavy atom. The highest BCUT2D eigenvalue weighted by Crippen LogP contribution is 2.30. The molecule has 3 aromatic carbocycles. The Hall–Kier alpha value is -3.60. The monoisotopic (exact) mass is 589 g/mol. The van der Waals surface area contributed by atoms with Crippen LogP contribution < -0.4 is 5.32 Å². The summed E-state index contributed by atoms with van der Waals surface area (Å²) in [6.07, 6.45) is -4.75. The van der Waals surface area contributed by atoms with E-state index in [4.69, 9.17) is 21.1 Å². The van der Waals surface area contributed by atoms with Crippen LogP contribution in [0.1, 0.15) is 40.1 Å². The van der Waals surface area contributed by atoms with Crippen LogP contribution in [0.5, 0.6) is 0 Å². The van der Waals surface area contributed by atoms with Gasteiger partial charge in [-0.25, -0.2) is 9.59 Å². The van der Waals surface area contributed by atoms with Gasteiger partial charge in [-0.3, -0.25) is 4.90 Å². The molecule has 7 nitrogen and oxygen atoms in total. The van der Waals surface area contributed by atoms with Crippen molar-refractivity contribution in [2.75, 3.05) is 44.6 Å². The number of hydrogen-bond acceptors (Lipinski definition) is 5. The molecule has 0 aromatic heterocycles. The summed E-state index contributed by atoms with van der Waals surface area (Å²) in [5.74, 6) is -0.451. The van der Waals surface area contributed by atoms with Crippen LogP contribution in [0.15, 0.2) is 72.8 Å². The molecule has 11 heteroatoms. The van der Waals surface area contributed by atoms with Crippen molar-refractivity contribution in [3.63, 3.8) is 0 Å². The number of carbonyl (C=O) groups excluding carboxylic acids is 2. The Morgan fingerprint density at radius 2 is 1.66 bits per heavy atom. The molecule has 0 bridgehead atoms. The van der Waals surface area contributed by atoms with Crippen LogP contribution in [0.4, 0.5) is 23.7 Å². The van der Waals surface area contributed by atoms with Crippen molar-refractivity contribution < 1.29 is 32.2 Å². The van der Waals surface area contributed by atoms with Gasteiger partial charge in [0, 0.05) is 43.4 Å². The van der Waals surface area contributed by atoms with Gasteiger partial charge in [0.15, 0.2) is 0 Å². The number of piperazine rings is 1. The van der Waals surface area contributed by atoms with Crippen LogP contribution in [-0.4, -0.2) is 61.1 Å². The molecular weight excluding hydrogens is 559 g/mol. The van der Waals surface area contributed by atoms with Gasteiger partial charge in [-0.15, -0.1) is 0 Å². The average molecular weight is 590 g/mol. The van der Waals surface area contributed by atoms with E-state index >= 15 is 0 Å². The topological polar surface area (TPSA) is 71.1 Å². The molecule has 2 amide bonds. The fourth-order valence-corrected chi connectivity index (χ4v) is 4.55. The number of urea groups is 1. The first-order chi connectivity index (χ1) is 19.6. The zero-order chi connectivity index (χ0) is 29.4. The van der Waals surface area contributed by atoms with Crippen LogP contribution in [0.25, 0.3) is 0 Å². The maximum absolute atomic E-state index is 12.9. The summed E-state index contributed by atoms with van der Waals surface area (Å²) < 4.78 is 49.9. The van der Waals surface area contributed by atoms with E-state index < -0.39 is 17.7 Å². The molecule has 0 spiro atoms. The van der Waals surface area contributed by atoms with Gasteiger partial charge in [-0.05, 0) is 60.5 Å². The Morgan fingerprint density at radius 3 is 2.29 bits per heavy atom. The van der Waals surface area contributed by atoms with Gasteiger partial charge in [-0.2, -0.15) is 13.2 Å². The second-order valence-electron chi connectivity index (χ2n) is 9.56. The minimum Gasteiger partial charge on any atom is -0.462 e. The molecule has 1 fully saturated rings. The molecule has 0 radical (unpaired) electrons. The summed E-state index contributed by atoms with van der Waals surface area (Å²) in [5, 5.41) is 3.43. The number of alkyl halides is 3. The van der Waals surface area contributed by atoms with E-state index in [9.17, 15) is 22.8 Å². The predicted molar refractivity (Wildman–Crippen MR) is 150 cm³/mol. The Bertz CT molecular complexity index is 1310. The number of nitrogens with one attached hydrogen (secondary N) is 1. The quantitative estimate of drug-likeness (QED) is 0.283. The van der Waals surface area contributed by atoms with Crippen LogP contribution in [0.2, 0.25) is 5.02 Å². The van der Waals surface area contributed by atoms with Crippen molar-refractivity contribution in [2.45, 2.75) is 25.8 Å². The standard InChI is InChI=1S/C30H31ClF3N3O4/c1-2-40-28(38)23-4-3-5-26(18-23)35-29(39)37-16-14-36(15-17-37)19-27(22-8-12-25(31)13-9-22)41-20-21-6-10-24(11-7-21)30(32,33)34/h3-13,18,27H,2,14-17,19-20H2,1H3,(H,35,39)/t27-/m0/s1. The van der Waals surface area contributed by atoms with Crippen molar-refractivity contribution in [3.05, 3.63) is 100 Å². The molecule has 1 aliphatic heterocycles. The number of rotatable bonds is 9. The molecule has 218 valence electrons. The van der Waals surface area contributed by atoms with E-state index in [0.717, 1.165) is 17.7 Å². The minimum atomic E-state index is -4.39. The Balaban J connectivity index is 1.34. The van der Waals surface area contributed by atoms with Gasteiger partial charge in [0.05, 0.1) is 30.4 Å². The molecule has 1 aliphatic rings. The highest BCUT2D eigenvalue weighted by Gasteiger charge is 2.30. The maximum Gasteiger partial charge on any atom is 0.416 e. The number of nitrogens with zero attached hydrogens (tertiary/aromatic N) is 2. The number of ether oxygens (including phenoxy) is 2. The third-order valence-electron chi connectivity index (χ3n) is 6.68. The lowest BCUT2D eigenvalue weighted by atomic mass is 10.1. The number of hydrogen-bond donors (Lipinski definition) is 1. The molecular formula is C30H31ClF3N3O4. The van der Waals surface area contributed by atoms with Crippen molar-refractivity contribution in [1.82, 2.24) is 9.80 Å². The van der Waals surface area contributed by atoms with E-state index in [-0.39, 0.29) is 25.3 Å². The van der Waals surface area contributed by atoms with Gasteiger partial charge in [0.1, 0.15) is 0 Å². The number of carbonyl (C=O) groups is 2. The molecule has 3 aromatic rings. The van der Waals surface area contributed by atoms with Gasteiger partial charge in [0.2, 0.25) is 0 Å². The second-order valence-corrected chi connectivity index (χ2v) is 10.0. The van der Waals surface area contributed by atoms with E-state index in [2.05, 4.69) is 10.2 Å². The van der Waals surface area contributed by atoms with Crippen LogP contribution in [0.3, 0.4) is 0 Å². The van der Waals surface area contributed by atoms with E-state index in [0.29, 0.717) is 54.6 Å². The fourth-order valence-electron chi connectivity index (χ4n) is 4.43. The Labute approximate surface area is 241 Å². The molecule has 0 unspecified atom stereocenters. The summed E-state index contributed by atoms with van der Waals surface area (Å²) in [7, 11) is 0. The van der Waals surface area contributed by atoms with Gasteiger partial charge < -0.3 is 19.7 Å². The fraction of sp³-hybridized carbons (Fsp3) is 0.333. The average Bonchev–Trinajstić information content (AvgIpc) is 2.96. The summed E-state index contributed by atoms with van der Waals surface area (Å²) in [6, 6.07) is 18.5. The number of amides is 2. The highest BCUT2D eigenvalue weighted by atomic mass is 35.5. The third kappa shape index (κ3) is 8.69. The van der Waals surface area contributed by atoms with Crippen molar-refractivity contribution in [1.29, 1.82) is 0 Å². The number of anilines is 1. The first-order valence-corrected chi connectivity index (χ1v) is 13.6. The molecule has 1 saturated heterocycles. The Kier molecular flexibility index (Phi) is 10.3. The zero-order valence-corrected chi connectivity index (χ0v) is 23.3. The number of benzene rings is 3. The third-order valence-corrected chi connectivity index (χ3v) is 6.93.